The minimum absolute atomic E-state index is 0.0615. The van der Waals surface area contributed by atoms with Crippen LogP contribution in [0.1, 0.15) is 16.7 Å². The maximum absolute atomic E-state index is 2.51. The molecule has 0 saturated heterocycles. The van der Waals surface area contributed by atoms with Crippen LogP contribution in [-0.4, -0.2) is 15.8 Å². The SMILES string of the molecule is Cc1cc(-n2c3ccccc3c3ccccc32)cc(C)c1B1c2c(C)cc(-n3c4ccccc4c4ccccc43)cc2-c2cc3cccc4ccc5ccc1c2c5c43. The van der Waals surface area contributed by atoms with Gasteiger partial charge in [-0.15, -0.1) is 0 Å². The fourth-order valence-electron chi connectivity index (χ4n) is 11.2. The third-order valence-corrected chi connectivity index (χ3v) is 13.5. The third kappa shape index (κ3) is 4.13. The van der Waals surface area contributed by atoms with Crippen molar-refractivity contribution in [3.05, 3.63) is 187 Å². The van der Waals surface area contributed by atoms with Gasteiger partial charge in [-0.3, -0.25) is 0 Å². The van der Waals surface area contributed by atoms with Crippen molar-refractivity contribution in [3.63, 3.8) is 0 Å². The van der Waals surface area contributed by atoms with Crippen LogP contribution in [-0.2, 0) is 0 Å². The van der Waals surface area contributed by atoms with Gasteiger partial charge in [0, 0.05) is 32.9 Å². The Morgan fingerprint density at radius 2 is 0.793 bits per heavy atom. The lowest BCUT2D eigenvalue weighted by Crippen LogP contribution is -2.57. The molecule has 2 nitrogen and oxygen atoms in total. The zero-order valence-corrected chi connectivity index (χ0v) is 32.6. The van der Waals surface area contributed by atoms with E-state index in [1.165, 1.54) is 132 Å². The molecule has 3 heterocycles. The van der Waals surface area contributed by atoms with E-state index in [-0.39, 0.29) is 6.71 Å². The van der Waals surface area contributed by atoms with E-state index in [0.717, 1.165) is 0 Å². The number of hydrogen-bond acceptors (Lipinski definition) is 0. The summed E-state index contributed by atoms with van der Waals surface area (Å²) in [6, 6.07) is 63.9. The van der Waals surface area contributed by atoms with E-state index in [2.05, 4.69) is 200 Å². The number of para-hydroxylation sites is 4. The molecule has 0 amide bonds. The van der Waals surface area contributed by atoms with Crippen LogP contribution in [0.15, 0.2) is 170 Å². The van der Waals surface area contributed by atoms with Crippen molar-refractivity contribution in [2.75, 3.05) is 0 Å². The molecule has 10 aromatic carbocycles. The second-order valence-corrected chi connectivity index (χ2v) is 16.6. The molecule has 58 heavy (non-hydrogen) atoms. The molecule has 0 fully saturated rings. The predicted molar refractivity (Wildman–Crippen MR) is 250 cm³/mol. The van der Waals surface area contributed by atoms with E-state index >= 15 is 0 Å². The topological polar surface area (TPSA) is 9.86 Å². The molecular weight excluding hydrogens is 699 g/mol. The van der Waals surface area contributed by atoms with E-state index in [0.29, 0.717) is 0 Å². The molecule has 270 valence electrons. The number of fused-ring (bicyclic) bond motifs is 8. The molecule has 2 aromatic heterocycles. The van der Waals surface area contributed by atoms with E-state index < -0.39 is 0 Å². The average molecular weight is 737 g/mol. The molecule has 0 unspecified atom stereocenters. The molecule has 1 aliphatic rings. The second kappa shape index (κ2) is 11.5. The number of aromatic nitrogens is 2. The Hall–Kier alpha value is -7.10. The lowest BCUT2D eigenvalue weighted by Gasteiger charge is -2.32. The minimum Gasteiger partial charge on any atom is -0.309 e. The fraction of sp³-hybridized carbons (Fsp3) is 0.0545. The second-order valence-electron chi connectivity index (χ2n) is 16.6. The van der Waals surface area contributed by atoms with E-state index in [9.17, 15) is 0 Å². The summed E-state index contributed by atoms with van der Waals surface area (Å²) in [6.07, 6.45) is 0. The van der Waals surface area contributed by atoms with Gasteiger partial charge < -0.3 is 9.13 Å². The Kier molecular flexibility index (Phi) is 6.35. The lowest BCUT2D eigenvalue weighted by atomic mass is 9.32. The summed E-state index contributed by atoms with van der Waals surface area (Å²) >= 11 is 0. The highest BCUT2D eigenvalue weighted by Crippen LogP contribution is 2.43. The molecule has 0 saturated carbocycles. The van der Waals surface area contributed by atoms with Gasteiger partial charge >= 0.3 is 0 Å². The predicted octanol–water partition coefficient (Wildman–Crippen LogP) is 12.2. The van der Waals surface area contributed by atoms with Crippen molar-refractivity contribution in [2.24, 2.45) is 0 Å². The van der Waals surface area contributed by atoms with Crippen LogP contribution >= 0.6 is 0 Å². The van der Waals surface area contributed by atoms with Crippen molar-refractivity contribution in [3.8, 4) is 22.5 Å². The highest BCUT2D eigenvalue weighted by Gasteiger charge is 2.36. The third-order valence-electron chi connectivity index (χ3n) is 13.5. The van der Waals surface area contributed by atoms with Gasteiger partial charge in [-0.25, -0.2) is 0 Å². The highest BCUT2D eigenvalue weighted by molar-refractivity contribution is 6.99. The number of benzene rings is 10. The van der Waals surface area contributed by atoms with Gasteiger partial charge in [0.25, 0.3) is 0 Å². The van der Waals surface area contributed by atoms with E-state index in [1.807, 2.05) is 0 Å². The Morgan fingerprint density at radius 1 is 0.345 bits per heavy atom. The molecule has 12 aromatic rings. The molecule has 0 bridgehead atoms. The van der Waals surface area contributed by atoms with Crippen molar-refractivity contribution < 1.29 is 0 Å². The summed E-state index contributed by atoms with van der Waals surface area (Å²) in [5.41, 5.74) is 18.2. The first-order valence-corrected chi connectivity index (χ1v) is 20.5. The zero-order valence-electron chi connectivity index (χ0n) is 32.6. The van der Waals surface area contributed by atoms with Crippen molar-refractivity contribution in [1.82, 2.24) is 9.13 Å². The van der Waals surface area contributed by atoms with Gasteiger partial charge in [0.1, 0.15) is 0 Å². The smallest absolute Gasteiger partial charge is 0.243 e. The summed E-state index contributed by atoms with van der Waals surface area (Å²) in [5, 5.41) is 13.2. The van der Waals surface area contributed by atoms with Crippen LogP contribution in [0.2, 0.25) is 0 Å². The number of aryl methyl sites for hydroxylation is 3. The summed E-state index contributed by atoms with van der Waals surface area (Å²) in [4.78, 5) is 0. The Labute approximate surface area is 336 Å². The van der Waals surface area contributed by atoms with Gasteiger partial charge in [0.15, 0.2) is 0 Å². The summed E-state index contributed by atoms with van der Waals surface area (Å²) in [5.74, 6) is 0. The van der Waals surface area contributed by atoms with Gasteiger partial charge in [-0.1, -0.05) is 148 Å². The first-order valence-electron chi connectivity index (χ1n) is 20.5. The molecular formula is C55H37BN2. The summed E-state index contributed by atoms with van der Waals surface area (Å²) in [6.45, 7) is 7.09. The number of nitrogens with zero attached hydrogens (tertiary/aromatic N) is 2. The van der Waals surface area contributed by atoms with Gasteiger partial charge in [-0.2, -0.15) is 0 Å². The van der Waals surface area contributed by atoms with Crippen LogP contribution in [0, 0.1) is 20.8 Å². The molecule has 0 spiro atoms. The normalized spacial score (nSPS) is 12.7. The van der Waals surface area contributed by atoms with Gasteiger partial charge in [0.05, 0.1) is 22.1 Å². The number of hydrogen-bond donors (Lipinski definition) is 0. The Morgan fingerprint density at radius 3 is 1.34 bits per heavy atom. The Bertz CT molecular complexity index is 3600. The zero-order chi connectivity index (χ0) is 38.4. The van der Waals surface area contributed by atoms with Crippen molar-refractivity contribution in [1.29, 1.82) is 0 Å². The maximum atomic E-state index is 2.51. The van der Waals surface area contributed by atoms with Crippen molar-refractivity contribution in [2.45, 2.75) is 20.8 Å². The van der Waals surface area contributed by atoms with Crippen molar-refractivity contribution >= 4 is 99.0 Å². The van der Waals surface area contributed by atoms with Gasteiger partial charge in [0.2, 0.25) is 6.71 Å². The molecule has 3 heteroatoms. The van der Waals surface area contributed by atoms with E-state index in [4.69, 9.17) is 0 Å². The summed E-state index contributed by atoms with van der Waals surface area (Å²) in [7, 11) is 0. The molecule has 0 N–H and O–H groups in total. The first kappa shape index (κ1) is 32.0. The fourth-order valence-corrected chi connectivity index (χ4v) is 11.2. The van der Waals surface area contributed by atoms with Crippen LogP contribution in [0.5, 0.6) is 0 Å². The van der Waals surface area contributed by atoms with Crippen LogP contribution in [0.3, 0.4) is 0 Å². The first-order chi connectivity index (χ1) is 28.5. The van der Waals surface area contributed by atoms with Gasteiger partial charge in [-0.05, 0) is 119 Å². The van der Waals surface area contributed by atoms with E-state index in [1.54, 1.807) is 0 Å². The quantitative estimate of drug-likeness (QED) is 0.126. The van der Waals surface area contributed by atoms with Crippen LogP contribution < -0.4 is 16.4 Å². The molecule has 0 radical (unpaired) electrons. The minimum atomic E-state index is 0.0615. The lowest BCUT2D eigenvalue weighted by molar-refractivity contribution is 1.16. The molecule has 0 atom stereocenters. The molecule has 0 aliphatic carbocycles. The van der Waals surface area contributed by atoms with Crippen LogP contribution in [0.4, 0.5) is 0 Å². The standard InChI is InChI=1S/C55H37BN2/c1-32-27-38(57-47-19-8-4-15-40(47)41-16-5-9-20-48(41)57)28-33(2)54(32)56-46-26-25-36-24-23-35-13-12-14-37-30-44(53(46)52(36)51(35)37)45-31-39(29-34(3)55(45)56)58-49-21-10-6-17-42(49)43-18-7-11-22-50(43)58/h4-31H,1-3H3. The molecule has 13 rings (SSSR count). The Balaban J connectivity index is 1.13. The summed E-state index contributed by atoms with van der Waals surface area (Å²) < 4.78 is 4.94. The number of rotatable bonds is 3. The maximum Gasteiger partial charge on any atom is 0.243 e. The largest absolute Gasteiger partial charge is 0.309 e. The molecule has 1 aliphatic heterocycles. The monoisotopic (exact) mass is 736 g/mol. The van der Waals surface area contributed by atoms with Crippen LogP contribution in [0.25, 0.3) is 98.4 Å². The highest BCUT2D eigenvalue weighted by atomic mass is 15.0. The average Bonchev–Trinajstić information content (AvgIpc) is 3.77.